The van der Waals surface area contributed by atoms with Crippen molar-refractivity contribution in [3.63, 3.8) is 0 Å². The average molecular weight is 292 g/mol. The molecule has 0 aliphatic carbocycles. The Morgan fingerprint density at radius 2 is 2.26 bits per heavy atom. The normalized spacial score (nSPS) is 11.8. The molecule has 2 aromatic heterocycles. The number of hydrogen-bond donors (Lipinski definition) is 0. The van der Waals surface area contributed by atoms with Gasteiger partial charge in [0.25, 0.3) is 0 Å². The van der Waals surface area contributed by atoms with Crippen LogP contribution >= 0.6 is 11.3 Å². The molecule has 0 radical (unpaired) electrons. The Morgan fingerprint density at radius 3 is 2.84 bits per heavy atom. The van der Waals surface area contributed by atoms with E-state index in [0.29, 0.717) is 9.52 Å². The zero-order valence-electron chi connectivity index (χ0n) is 9.55. The minimum Gasteiger partial charge on any atom is -0.377 e. The van der Waals surface area contributed by atoms with Gasteiger partial charge in [-0.25, -0.2) is 4.98 Å². The SMILES string of the molecule is COCc1nn2c(C(F)(F)F)c(CN=[N+]=[N-])nc2s1. The highest BCUT2D eigenvalue weighted by Gasteiger charge is 2.39. The number of methoxy groups -OCH3 is 1. The predicted molar refractivity (Wildman–Crippen MR) is 59.4 cm³/mol. The Kier molecular flexibility index (Phi) is 3.60. The number of aromatic nitrogens is 3. The first kappa shape index (κ1) is 13.6. The molecule has 0 unspecified atom stereocenters. The molecule has 11 heteroatoms. The van der Waals surface area contributed by atoms with Gasteiger partial charge in [-0.3, -0.25) is 0 Å². The van der Waals surface area contributed by atoms with E-state index in [2.05, 4.69) is 20.1 Å². The molecule has 0 saturated heterocycles. The summed E-state index contributed by atoms with van der Waals surface area (Å²) in [6.45, 7) is -0.363. The first-order valence-electron chi connectivity index (χ1n) is 4.91. The number of halogens is 3. The highest BCUT2D eigenvalue weighted by atomic mass is 32.1. The van der Waals surface area contributed by atoms with Crippen LogP contribution in [-0.2, 0) is 24.1 Å². The zero-order valence-corrected chi connectivity index (χ0v) is 10.4. The average Bonchev–Trinajstić information content (AvgIpc) is 2.81. The summed E-state index contributed by atoms with van der Waals surface area (Å²) >= 11 is 0.987. The smallest absolute Gasteiger partial charge is 0.377 e. The van der Waals surface area contributed by atoms with Crippen molar-refractivity contribution in [2.24, 2.45) is 5.11 Å². The van der Waals surface area contributed by atoms with Gasteiger partial charge in [-0.05, 0) is 5.53 Å². The molecule has 2 rings (SSSR count). The quantitative estimate of drug-likeness (QED) is 0.493. The Morgan fingerprint density at radius 1 is 1.53 bits per heavy atom. The first-order valence-corrected chi connectivity index (χ1v) is 5.73. The van der Waals surface area contributed by atoms with Gasteiger partial charge >= 0.3 is 6.18 Å². The molecule has 0 aliphatic rings. The standard InChI is InChI=1S/C8H7F3N6OS/c1-18-3-5-15-17-6(8(9,10)11)4(2-13-16-12)14-7(17)19-5/h2-3H2,1H3. The number of hydrogen-bond acceptors (Lipinski definition) is 5. The highest BCUT2D eigenvalue weighted by molar-refractivity contribution is 7.16. The van der Waals surface area contributed by atoms with Crippen molar-refractivity contribution in [1.82, 2.24) is 14.6 Å². The summed E-state index contributed by atoms with van der Waals surface area (Å²) < 4.78 is 44.4. The predicted octanol–water partition coefficient (Wildman–Crippen LogP) is 2.77. The van der Waals surface area contributed by atoms with Gasteiger partial charge in [0.15, 0.2) is 5.69 Å². The van der Waals surface area contributed by atoms with Gasteiger partial charge in [0.2, 0.25) is 4.96 Å². The van der Waals surface area contributed by atoms with Gasteiger partial charge in [0.1, 0.15) is 5.01 Å². The van der Waals surface area contributed by atoms with Crippen LogP contribution in [-0.4, -0.2) is 21.7 Å². The molecule has 19 heavy (non-hydrogen) atoms. The van der Waals surface area contributed by atoms with Gasteiger partial charge in [0, 0.05) is 12.0 Å². The fraction of sp³-hybridized carbons (Fsp3) is 0.500. The third kappa shape index (κ3) is 2.62. The van der Waals surface area contributed by atoms with E-state index < -0.39 is 18.4 Å². The molecule has 2 heterocycles. The van der Waals surface area contributed by atoms with Crippen molar-refractivity contribution >= 4 is 16.3 Å². The third-order valence-electron chi connectivity index (χ3n) is 2.14. The summed E-state index contributed by atoms with van der Waals surface area (Å²) in [6, 6.07) is 0. The van der Waals surface area contributed by atoms with Gasteiger partial charge < -0.3 is 4.74 Å². The van der Waals surface area contributed by atoms with E-state index >= 15 is 0 Å². The Labute approximate surface area is 108 Å². The van der Waals surface area contributed by atoms with Crippen LogP contribution < -0.4 is 0 Å². The van der Waals surface area contributed by atoms with Crippen LogP contribution in [0, 0.1) is 0 Å². The molecule has 0 N–H and O–H groups in total. The second-order valence-corrected chi connectivity index (χ2v) is 4.46. The number of alkyl halides is 3. The van der Waals surface area contributed by atoms with E-state index in [9.17, 15) is 13.2 Å². The van der Waals surface area contributed by atoms with Crippen molar-refractivity contribution in [3.8, 4) is 0 Å². The molecule has 7 nitrogen and oxygen atoms in total. The summed E-state index contributed by atoms with van der Waals surface area (Å²) in [7, 11) is 1.42. The van der Waals surface area contributed by atoms with Crippen molar-refractivity contribution in [2.75, 3.05) is 7.11 Å². The van der Waals surface area contributed by atoms with Crippen LogP contribution in [0.1, 0.15) is 16.4 Å². The fourth-order valence-electron chi connectivity index (χ4n) is 1.50. The van der Waals surface area contributed by atoms with E-state index in [-0.39, 0.29) is 17.3 Å². The monoisotopic (exact) mass is 292 g/mol. The third-order valence-corrected chi connectivity index (χ3v) is 3.02. The van der Waals surface area contributed by atoms with E-state index in [1.165, 1.54) is 7.11 Å². The number of ether oxygens (including phenoxy) is 1. The lowest BCUT2D eigenvalue weighted by Gasteiger charge is -2.05. The minimum absolute atomic E-state index is 0.0857. The molecule has 0 bridgehead atoms. The van der Waals surface area contributed by atoms with Crippen LogP contribution in [0.4, 0.5) is 13.2 Å². The van der Waals surface area contributed by atoms with Gasteiger partial charge in [0.05, 0.1) is 18.8 Å². The summed E-state index contributed by atoms with van der Waals surface area (Å²) in [5, 5.41) is 7.28. The maximum absolute atomic E-state index is 13.0. The molecular weight excluding hydrogens is 285 g/mol. The summed E-state index contributed by atoms with van der Waals surface area (Å²) in [6.07, 6.45) is -4.63. The van der Waals surface area contributed by atoms with Gasteiger partial charge in [-0.2, -0.15) is 22.8 Å². The van der Waals surface area contributed by atoms with Crippen LogP contribution in [0.25, 0.3) is 15.4 Å². The first-order chi connectivity index (χ1) is 8.97. The van der Waals surface area contributed by atoms with E-state index in [0.717, 1.165) is 11.3 Å². The lowest BCUT2D eigenvalue weighted by atomic mass is 10.3. The number of imidazole rings is 1. The second kappa shape index (κ2) is 5.03. The second-order valence-electron chi connectivity index (χ2n) is 3.42. The number of azide groups is 1. The van der Waals surface area contributed by atoms with Crippen LogP contribution in [0.15, 0.2) is 5.11 Å². The topological polar surface area (TPSA) is 88.2 Å². The van der Waals surface area contributed by atoms with Crippen LogP contribution in [0.2, 0.25) is 0 Å². The maximum Gasteiger partial charge on any atom is 0.435 e. The molecular formula is C8H7F3N6OS. The molecule has 0 aliphatic heterocycles. The molecule has 2 aromatic rings. The fourth-order valence-corrected chi connectivity index (χ4v) is 2.39. The van der Waals surface area contributed by atoms with Gasteiger partial charge in [-0.15, -0.1) is 0 Å². The lowest BCUT2D eigenvalue weighted by Crippen LogP contribution is -2.12. The number of nitrogens with zero attached hydrogens (tertiary/aromatic N) is 6. The molecule has 102 valence electrons. The van der Waals surface area contributed by atoms with Crippen molar-refractivity contribution in [3.05, 3.63) is 26.8 Å². The Hall–Kier alpha value is -1.84. The van der Waals surface area contributed by atoms with Gasteiger partial charge in [-0.1, -0.05) is 16.5 Å². The number of fused-ring (bicyclic) bond motifs is 1. The Bertz CT molecular complexity index is 641. The van der Waals surface area contributed by atoms with Crippen molar-refractivity contribution in [1.29, 1.82) is 0 Å². The summed E-state index contributed by atoms with van der Waals surface area (Å²) in [5.41, 5.74) is 6.81. The maximum atomic E-state index is 13.0. The molecule has 0 spiro atoms. The summed E-state index contributed by atoms with van der Waals surface area (Å²) in [5.74, 6) is 0. The lowest BCUT2D eigenvalue weighted by molar-refractivity contribution is -0.143. The van der Waals surface area contributed by atoms with Crippen LogP contribution in [0.3, 0.4) is 0 Å². The largest absolute Gasteiger partial charge is 0.435 e. The zero-order chi connectivity index (χ0) is 14.0. The highest BCUT2D eigenvalue weighted by Crippen LogP contribution is 2.34. The summed E-state index contributed by atoms with van der Waals surface area (Å²) in [4.78, 5) is 6.31. The molecule has 0 atom stereocenters. The Balaban J connectivity index is 2.57. The molecule has 0 saturated carbocycles. The minimum atomic E-state index is -4.63. The molecule has 0 fully saturated rings. The van der Waals surface area contributed by atoms with E-state index in [1.807, 2.05) is 0 Å². The number of rotatable bonds is 4. The molecule has 0 amide bonds. The van der Waals surface area contributed by atoms with Crippen molar-refractivity contribution in [2.45, 2.75) is 19.3 Å². The van der Waals surface area contributed by atoms with Crippen molar-refractivity contribution < 1.29 is 17.9 Å². The van der Waals surface area contributed by atoms with Crippen LogP contribution in [0.5, 0.6) is 0 Å². The van der Waals surface area contributed by atoms with E-state index in [1.54, 1.807) is 0 Å². The molecule has 0 aromatic carbocycles. The van der Waals surface area contributed by atoms with E-state index in [4.69, 9.17) is 10.3 Å².